The van der Waals surface area contributed by atoms with Crippen molar-refractivity contribution in [3.8, 4) is 12.1 Å². The average Bonchev–Trinajstić information content (AvgIpc) is 2.05. The summed E-state index contributed by atoms with van der Waals surface area (Å²) in [7, 11) is 0. The van der Waals surface area contributed by atoms with Crippen LogP contribution in [0.25, 0.3) is 0 Å². The van der Waals surface area contributed by atoms with Crippen LogP contribution in [-0.4, -0.2) is 13.3 Å². The van der Waals surface area contributed by atoms with E-state index in [-0.39, 0.29) is 5.92 Å². The van der Waals surface area contributed by atoms with Crippen LogP contribution >= 0.6 is 0 Å². The molecule has 0 amide bonds. The molecule has 0 saturated carbocycles. The van der Waals surface area contributed by atoms with Gasteiger partial charge in [-0.05, 0) is 6.42 Å². The third kappa shape index (κ3) is 4.92. The van der Waals surface area contributed by atoms with Gasteiger partial charge in [0.15, 0.2) is 0 Å². The number of hydrogen-bond acceptors (Lipinski definition) is 4. The molecule has 58 valence electrons. The second-order valence-electron chi connectivity index (χ2n) is 2.04. The van der Waals surface area contributed by atoms with Gasteiger partial charge in [0.05, 0.1) is 18.1 Å². The van der Waals surface area contributed by atoms with Gasteiger partial charge in [-0.15, -0.1) is 0 Å². The van der Waals surface area contributed by atoms with Crippen molar-refractivity contribution in [2.24, 2.45) is 11.0 Å². The Labute approximate surface area is 66.1 Å². The van der Waals surface area contributed by atoms with E-state index in [0.717, 1.165) is 0 Å². The van der Waals surface area contributed by atoms with Gasteiger partial charge in [0.1, 0.15) is 0 Å². The number of hydrazone groups is 1. The van der Waals surface area contributed by atoms with Gasteiger partial charge in [-0.2, -0.15) is 15.6 Å². The monoisotopic (exact) mass is 150 g/mol. The van der Waals surface area contributed by atoms with Crippen LogP contribution in [0.1, 0.15) is 12.8 Å². The minimum absolute atomic E-state index is 0.139. The summed E-state index contributed by atoms with van der Waals surface area (Å²) >= 11 is 0. The van der Waals surface area contributed by atoms with Gasteiger partial charge in [-0.1, -0.05) is 0 Å². The summed E-state index contributed by atoms with van der Waals surface area (Å²) in [5.74, 6) is -0.139. The molecule has 0 saturated heterocycles. The quantitative estimate of drug-likeness (QED) is 0.461. The summed E-state index contributed by atoms with van der Waals surface area (Å²) in [6.45, 7) is 3.69. The van der Waals surface area contributed by atoms with Crippen LogP contribution < -0.4 is 5.43 Å². The molecular weight excluding hydrogens is 140 g/mol. The van der Waals surface area contributed by atoms with Crippen molar-refractivity contribution in [2.75, 3.05) is 6.54 Å². The van der Waals surface area contributed by atoms with Crippen molar-refractivity contribution >= 4 is 6.72 Å². The Balaban J connectivity index is 3.53. The zero-order chi connectivity index (χ0) is 8.53. The standard InChI is InChI=1S/C7H10N4/c1-10-11-6-7(5-9)3-2-4-8/h7,11H,1-3,6H2. The topological polar surface area (TPSA) is 72.0 Å². The second-order valence-corrected chi connectivity index (χ2v) is 2.04. The van der Waals surface area contributed by atoms with Gasteiger partial charge in [0, 0.05) is 19.7 Å². The molecule has 0 heterocycles. The van der Waals surface area contributed by atoms with Gasteiger partial charge in [0.2, 0.25) is 0 Å². The molecule has 1 unspecified atom stereocenters. The molecule has 4 heteroatoms. The smallest absolute Gasteiger partial charge is 0.0675 e. The van der Waals surface area contributed by atoms with Gasteiger partial charge in [-0.25, -0.2) is 0 Å². The van der Waals surface area contributed by atoms with Gasteiger partial charge >= 0.3 is 0 Å². The van der Waals surface area contributed by atoms with E-state index in [9.17, 15) is 0 Å². The summed E-state index contributed by atoms with van der Waals surface area (Å²) in [5.41, 5.74) is 2.59. The predicted molar refractivity (Wildman–Crippen MR) is 41.5 cm³/mol. The Bertz CT molecular complexity index is 186. The fraction of sp³-hybridized carbons (Fsp3) is 0.571. The van der Waals surface area contributed by atoms with Gasteiger partial charge < -0.3 is 5.43 Å². The van der Waals surface area contributed by atoms with E-state index in [2.05, 4.69) is 23.3 Å². The van der Waals surface area contributed by atoms with Crippen LogP contribution in [0.4, 0.5) is 0 Å². The van der Waals surface area contributed by atoms with E-state index < -0.39 is 0 Å². The van der Waals surface area contributed by atoms with Gasteiger partial charge in [0.25, 0.3) is 0 Å². The minimum atomic E-state index is -0.139. The summed E-state index contributed by atoms with van der Waals surface area (Å²) in [6, 6.07) is 4.05. The van der Waals surface area contributed by atoms with Crippen molar-refractivity contribution in [3.63, 3.8) is 0 Å². The first-order valence-corrected chi connectivity index (χ1v) is 3.30. The molecule has 11 heavy (non-hydrogen) atoms. The molecule has 0 aromatic heterocycles. The largest absolute Gasteiger partial charge is 0.309 e. The molecule has 0 aliphatic heterocycles. The Kier molecular flexibility index (Phi) is 5.64. The third-order valence-corrected chi connectivity index (χ3v) is 1.24. The van der Waals surface area contributed by atoms with Crippen LogP contribution in [0, 0.1) is 28.6 Å². The third-order valence-electron chi connectivity index (χ3n) is 1.24. The van der Waals surface area contributed by atoms with Crippen molar-refractivity contribution in [1.82, 2.24) is 5.43 Å². The molecule has 0 rings (SSSR count). The summed E-state index contributed by atoms with van der Waals surface area (Å²) in [6.07, 6.45) is 1.01. The number of hydrogen-bond donors (Lipinski definition) is 1. The first-order chi connectivity index (χ1) is 5.35. The molecule has 1 atom stereocenters. The van der Waals surface area contributed by atoms with Crippen molar-refractivity contribution in [3.05, 3.63) is 0 Å². The maximum Gasteiger partial charge on any atom is 0.0675 e. The predicted octanol–water partition coefficient (Wildman–Crippen LogP) is 0.635. The van der Waals surface area contributed by atoms with E-state index in [4.69, 9.17) is 10.5 Å². The number of rotatable bonds is 5. The van der Waals surface area contributed by atoms with E-state index in [1.807, 2.05) is 6.07 Å². The molecule has 0 aliphatic carbocycles. The second kappa shape index (κ2) is 6.57. The van der Waals surface area contributed by atoms with Crippen molar-refractivity contribution in [2.45, 2.75) is 12.8 Å². The number of nitrogens with zero attached hydrogens (tertiary/aromatic N) is 3. The fourth-order valence-electron chi connectivity index (χ4n) is 0.626. The Morgan fingerprint density at radius 1 is 1.55 bits per heavy atom. The highest BCUT2D eigenvalue weighted by Gasteiger charge is 2.04. The molecule has 0 spiro atoms. The fourth-order valence-corrected chi connectivity index (χ4v) is 0.626. The first kappa shape index (κ1) is 9.45. The van der Waals surface area contributed by atoms with Crippen LogP contribution in [0.2, 0.25) is 0 Å². The van der Waals surface area contributed by atoms with E-state index in [1.165, 1.54) is 0 Å². The molecular formula is C7H10N4. The van der Waals surface area contributed by atoms with E-state index >= 15 is 0 Å². The maximum atomic E-state index is 8.52. The molecule has 4 nitrogen and oxygen atoms in total. The molecule has 0 fully saturated rings. The Morgan fingerprint density at radius 3 is 2.73 bits per heavy atom. The maximum absolute atomic E-state index is 8.52. The zero-order valence-electron chi connectivity index (χ0n) is 6.25. The van der Waals surface area contributed by atoms with E-state index in [0.29, 0.717) is 19.4 Å². The molecule has 1 N–H and O–H groups in total. The lowest BCUT2D eigenvalue weighted by atomic mass is 10.1. The molecule has 0 aliphatic rings. The van der Waals surface area contributed by atoms with Crippen molar-refractivity contribution < 1.29 is 0 Å². The summed E-state index contributed by atoms with van der Waals surface area (Å²) in [4.78, 5) is 0. The van der Waals surface area contributed by atoms with Crippen LogP contribution in [-0.2, 0) is 0 Å². The van der Waals surface area contributed by atoms with E-state index in [1.54, 1.807) is 0 Å². The first-order valence-electron chi connectivity index (χ1n) is 3.30. The molecule has 0 radical (unpaired) electrons. The van der Waals surface area contributed by atoms with Gasteiger partial charge in [-0.3, -0.25) is 0 Å². The Hall–Kier alpha value is -1.55. The van der Waals surface area contributed by atoms with Crippen LogP contribution in [0.15, 0.2) is 5.10 Å². The van der Waals surface area contributed by atoms with Crippen molar-refractivity contribution in [1.29, 1.82) is 10.5 Å². The summed E-state index contributed by atoms with van der Waals surface area (Å²) < 4.78 is 0. The normalized spacial score (nSPS) is 10.7. The molecule has 0 aromatic rings. The molecule has 0 aromatic carbocycles. The highest BCUT2D eigenvalue weighted by Crippen LogP contribution is 2.02. The minimum Gasteiger partial charge on any atom is -0.309 e. The lowest BCUT2D eigenvalue weighted by Gasteiger charge is -2.03. The molecule has 0 bridgehead atoms. The highest BCUT2D eigenvalue weighted by molar-refractivity contribution is 5.22. The summed E-state index contributed by atoms with van der Waals surface area (Å²) in [5, 5.41) is 20.1. The highest BCUT2D eigenvalue weighted by atomic mass is 15.3. The van der Waals surface area contributed by atoms with Crippen LogP contribution in [0.5, 0.6) is 0 Å². The Morgan fingerprint density at radius 2 is 2.27 bits per heavy atom. The number of nitrogens with one attached hydrogen (secondary N) is 1. The SMILES string of the molecule is C=NNCC(C#N)CCC#N. The van der Waals surface area contributed by atoms with Crippen LogP contribution in [0.3, 0.4) is 0 Å². The number of nitriles is 2. The zero-order valence-corrected chi connectivity index (χ0v) is 6.25. The average molecular weight is 150 g/mol. The lowest BCUT2D eigenvalue weighted by molar-refractivity contribution is 0.555. The lowest BCUT2D eigenvalue weighted by Crippen LogP contribution is -2.16.